The predicted molar refractivity (Wildman–Crippen MR) is 35.9 cm³/mol. The van der Waals surface area contributed by atoms with E-state index in [0.717, 1.165) is 0 Å². The summed E-state index contributed by atoms with van der Waals surface area (Å²) in [5.41, 5.74) is 0. The maximum atomic E-state index is 9.37. The predicted octanol–water partition coefficient (Wildman–Crippen LogP) is 0.960. The van der Waals surface area contributed by atoms with Crippen molar-refractivity contribution in [3.8, 4) is 0 Å². The minimum atomic E-state index is -0.745. The van der Waals surface area contributed by atoms with Gasteiger partial charge in [0, 0.05) is 45.6 Å². The summed E-state index contributed by atoms with van der Waals surface area (Å²) in [6, 6.07) is 0. The van der Waals surface area contributed by atoms with E-state index in [9.17, 15) is 9.59 Å². The van der Waals surface area contributed by atoms with Gasteiger partial charge in [0.1, 0.15) is 0 Å². The molecule has 5 heteroatoms. The van der Waals surface area contributed by atoms with Gasteiger partial charge in [-0.2, -0.15) is 0 Å². The number of carbonyl (C=O) groups is 2. The molecular weight excluding hydrogens is 225 g/mol. The van der Waals surface area contributed by atoms with E-state index < -0.39 is 11.9 Å². The van der Waals surface area contributed by atoms with E-state index in [4.69, 9.17) is 10.2 Å². The molecule has 0 fully saturated rings. The molecule has 0 unspecified atom stereocenters. The summed E-state index contributed by atoms with van der Waals surface area (Å²) >= 11 is 0. The number of carboxylic acid groups (broad SMARTS) is 2. The number of carboxylic acids is 2. The Morgan fingerprint density at radius 2 is 1.09 bits per heavy atom. The summed E-state index contributed by atoms with van der Waals surface area (Å²) in [4.78, 5) is 18.7. The van der Waals surface area contributed by atoms with Gasteiger partial charge >= 0.3 is 11.9 Å². The van der Waals surface area contributed by atoms with E-state index in [2.05, 4.69) is 0 Å². The fraction of sp³-hybridized carbons (Fsp3) is 0.667. The standard InChI is InChI=1S/2C3H6O2.Y/c2*1-2-3(4)5;/h2*2H2,1H3,(H,4,5);. The molecule has 0 bridgehead atoms. The van der Waals surface area contributed by atoms with Gasteiger partial charge in [-0.1, -0.05) is 13.8 Å². The van der Waals surface area contributed by atoms with Gasteiger partial charge in [-0.15, -0.1) is 0 Å². The van der Waals surface area contributed by atoms with Crippen LogP contribution in [0.4, 0.5) is 0 Å². The van der Waals surface area contributed by atoms with Crippen LogP contribution in [0.1, 0.15) is 26.7 Å². The van der Waals surface area contributed by atoms with Crippen LogP contribution in [0.5, 0.6) is 0 Å². The summed E-state index contributed by atoms with van der Waals surface area (Å²) in [5.74, 6) is -1.49. The molecular formula is C6H12O4Y. The Hall–Kier alpha value is 0.0439. The molecule has 0 saturated heterocycles. The summed E-state index contributed by atoms with van der Waals surface area (Å²) in [6.45, 7) is 3.20. The minimum Gasteiger partial charge on any atom is -0.481 e. The molecule has 0 aliphatic carbocycles. The van der Waals surface area contributed by atoms with Crippen LogP contribution >= 0.6 is 0 Å². The molecule has 11 heavy (non-hydrogen) atoms. The summed E-state index contributed by atoms with van der Waals surface area (Å²) in [7, 11) is 0. The molecule has 0 heterocycles. The average molecular weight is 237 g/mol. The Balaban J connectivity index is -0.000000107. The van der Waals surface area contributed by atoms with Gasteiger partial charge in [0.15, 0.2) is 0 Å². The number of aliphatic carboxylic acids is 2. The van der Waals surface area contributed by atoms with Crippen LogP contribution in [0, 0.1) is 0 Å². The molecule has 0 rings (SSSR count). The SMILES string of the molecule is CCC(=O)O.CCC(=O)O.[Y]. The molecule has 0 saturated carbocycles. The van der Waals surface area contributed by atoms with Crippen molar-refractivity contribution in [1.29, 1.82) is 0 Å². The van der Waals surface area contributed by atoms with Crippen molar-refractivity contribution in [2.24, 2.45) is 0 Å². The second kappa shape index (κ2) is 12.7. The van der Waals surface area contributed by atoms with Crippen LogP contribution < -0.4 is 0 Å². The van der Waals surface area contributed by atoms with Crippen molar-refractivity contribution in [2.45, 2.75) is 26.7 Å². The van der Waals surface area contributed by atoms with Crippen LogP contribution in [0.15, 0.2) is 0 Å². The molecule has 4 nitrogen and oxygen atoms in total. The van der Waals surface area contributed by atoms with Crippen LogP contribution in [0.3, 0.4) is 0 Å². The Labute approximate surface area is 90.9 Å². The van der Waals surface area contributed by atoms with E-state index >= 15 is 0 Å². The van der Waals surface area contributed by atoms with Crippen LogP contribution in [-0.4, -0.2) is 22.2 Å². The summed E-state index contributed by atoms with van der Waals surface area (Å²) < 4.78 is 0. The third kappa shape index (κ3) is 39.7. The zero-order valence-corrected chi connectivity index (χ0v) is 9.54. The molecule has 63 valence electrons. The van der Waals surface area contributed by atoms with Gasteiger partial charge in [0.25, 0.3) is 0 Å². The van der Waals surface area contributed by atoms with E-state index in [-0.39, 0.29) is 45.6 Å². The second-order valence-corrected chi connectivity index (χ2v) is 1.49. The maximum Gasteiger partial charge on any atom is 0.303 e. The molecule has 0 amide bonds. The Kier molecular flexibility index (Phi) is 19.9. The number of rotatable bonds is 2. The first kappa shape index (κ1) is 17.2. The van der Waals surface area contributed by atoms with Crippen LogP contribution in [0.25, 0.3) is 0 Å². The first-order valence-corrected chi connectivity index (χ1v) is 2.98. The van der Waals surface area contributed by atoms with Crippen molar-refractivity contribution in [3.05, 3.63) is 0 Å². The summed E-state index contributed by atoms with van der Waals surface area (Å²) in [5, 5.41) is 15.4. The third-order valence-corrected chi connectivity index (χ3v) is 0.605. The Morgan fingerprint density at radius 1 is 1.00 bits per heavy atom. The normalized spacial score (nSPS) is 6.73. The molecule has 0 aliphatic rings. The first-order valence-electron chi connectivity index (χ1n) is 2.98. The van der Waals surface area contributed by atoms with Gasteiger partial charge in [-0.05, 0) is 0 Å². The average Bonchev–Trinajstić information content (AvgIpc) is 1.89. The van der Waals surface area contributed by atoms with Gasteiger partial charge < -0.3 is 10.2 Å². The monoisotopic (exact) mass is 237 g/mol. The molecule has 0 aliphatic heterocycles. The Morgan fingerprint density at radius 3 is 1.09 bits per heavy atom. The van der Waals surface area contributed by atoms with Crippen molar-refractivity contribution in [3.63, 3.8) is 0 Å². The van der Waals surface area contributed by atoms with Crippen molar-refractivity contribution >= 4 is 11.9 Å². The van der Waals surface area contributed by atoms with Gasteiger partial charge in [0.2, 0.25) is 0 Å². The van der Waals surface area contributed by atoms with E-state index in [0.29, 0.717) is 0 Å². The molecule has 0 aromatic carbocycles. The smallest absolute Gasteiger partial charge is 0.303 e. The van der Waals surface area contributed by atoms with Crippen LogP contribution in [0.2, 0.25) is 0 Å². The van der Waals surface area contributed by atoms with E-state index in [1.807, 2.05) is 0 Å². The molecule has 0 atom stereocenters. The zero-order chi connectivity index (χ0) is 8.57. The number of hydrogen-bond acceptors (Lipinski definition) is 2. The minimum absolute atomic E-state index is 0. The first-order chi connectivity index (χ1) is 4.54. The van der Waals surface area contributed by atoms with Gasteiger partial charge in [-0.3, -0.25) is 9.59 Å². The zero-order valence-electron chi connectivity index (χ0n) is 6.70. The quantitative estimate of drug-likeness (QED) is 0.750. The number of hydrogen-bond donors (Lipinski definition) is 2. The second-order valence-electron chi connectivity index (χ2n) is 1.49. The molecule has 0 aromatic heterocycles. The molecule has 0 aromatic rings. The topological polar surface area (TPSA) is 74.6 Å². The van der Waals surface area contributed by atoms with E-state index in [1.165, 1.54) is 0 Å². The van der Waals surface area contributed by atoms with E-state index in [1.54, 1.807) is 13.8 Å². The summed E-state index contributed by atoms with van der Waals surface area (Å²) in [6.07, 6.45) is 0.444. The third-order valence-electron chi connectivity index (χ3n) is 0.605. The van der Waals surface area contributed by atoms with Gasteiger partial charge in [0.05, 0.1) is 0 Å². The van der Waals surface area contributed by atoms with Crippen molar-refractivity contribution in [2.75, 3.05) is 0 Å². The Bertz CT molecular complexity index is 99.1. The van der Waals surface area contributed by atoms with Crippen molar-refractivity contribution < 1.29 is 52.5 Å². The van der Waals surface area contributed by atoms with Crippen molar-refractivity contribution in [1.82, 2.24) is 0 Å². The molecule has 1 radical (unpaired) electrons. The fourth-order valence-corrected chi connectivity index (χ4v) is 0. The maximum absolute atomic E-state index is 9.37. The molecule has 0 spiro atoms. The largest absolute Gasteiger partial charge is 0.481 e. The van der Waals surface area contributed by atoms with Gasteiger partial charge in [-0.25, -0.2) is 0 Å². The fourth-order valence-electron chi connectivity index (χ4n) is 0. The molecule has 2 N–H and O–H groups in total. The van der Waals surface area contributed by atoms with Crippen LogP contribution in [-0.2, 0) is 42.3 Å².